The summed E-state index contributed by atoms with van der Waals surface area (Å²) in [6.45, 7) is 0. The lowest BCUT2D eigenvalue weighted by atomic mass is 10.3. The Morgan fingerprint density at radius 3 is 2.48 bits per heavy atom. The molecule has 1 N–H and O–H groups in total. The first kappa shape index (κ1) is 17.7. The van der Waals surface area contributed by atoms with Gasteiger partial charge in [-0.3, -0.25) is 19.8 Å². The van der Waals surface area contributed by atoms with Crippen LogP contribution in [0.25, 0.3) is 0 Å². The Morgan fingerprint density at radius 1 is 1.43 bits per heavy atom. The number of phosphoric acid groups is 1. The summed E-state index contributed by atoms with van der Waals surface area (Å²) >= 11 is 10.6. The van der Waals surface area contributed by atoms with Crippen molar-refractivity contribution in [2.75, 3.05) is 5.88 Å². The zero-order valence-corrected chi connectivity index (χ0v) is 12.6. The van der Waals surface area contributed by atoms with Gasteiger partial charge in [-0.15, -0.1) is 20.8 Å². The number of hydrogen-bond acceptors (Lipinski definition) is 6. The molecule has 21 heavy (non-hydrogen) atoms. The molecule has 1 amide bonds. The van der Waals surface area contributed by atoms with Gasteiger partial charge < -0.3 is 4.52 Å². The highest BCUT2D eigenvalue weighted by molar-refractivity contribution is 7.47. The van der Waals surface area contributed by atoms with Crippen molar-refractivity contribution < 1.29 is 28.3 Å². The number of hydrogen-bond donors (Lipinski definition) is 1. The van der Waals surface area contributed by atoms with Crippen LogP contribution in [0.3, 0.4) is 0 Å². The fourth-order valence-electron chi connectivity index (χ4n) is 1.08. The standard InChI is InChI=1S/C9H9Cl2N2O7P/c10-6-5-9(14)12(11)20-21(17,18)19-8-3-1-7(2-4-8)13(15)16/h1-4H,5-6H2,(H,17,18). The molecule has 0 saturated heterocycles. The second kappa shape index (κ2) is 7.58. The lowest BCUT2D eigenvalue weighted by Crippen LogP contribution is -2.21. The Bertz CT molecular complexity index is 568. The molecule has 0 aromatic heterocycles. The minimum atomic E-state index is -4.73. The largest absolute Gasteiger partial charge is 0.550 e. The molecule has 0 aliphatic carbocycles. The van der Waals surface area contributed by atoms with Crippen LogP contribution >= 0.6 is 31.2 Å². The van der Waals surface area contributed by atoms with Crippen molar-refractivity contribution in [2.24, 2.45) is 0 Å². The van der Waals surface area contributed by atoms with Crippen molar-refractivity contribution in [1.82, 2.24) is 4.58 Å². The first-order chi connectivity index (χ1) is 9.75. The number of nitro benzene ring substituents is 1. The van der Waals surface area contributed by atoms with E-state index in [-0.39, 0.29) is 28.3 Å². The second-order valence-corrected chi connectivity index (χ2v) is 5.44. The zero-order valence-electron chi connectivity index (χ0n) is 10.2. The van der Waals surface area contributed by atoms with Crippen LogP contribution in [0.15, 0.2) is 24.3 Å². The SMILES string of the molecule is O=C(CCCl)N(Cl)OP(=O)(O)Oc1ccc([N+](=O)[O-])cc1. The summed E-state index contributed by atoms with van der Waals surface area (Å²) in [6, 6.07) is 4.30. The van der Waals surface area contributed by atoms with Crippen LogP contribution < -0.4 is 4.52 Å². The maximum absolute atomic E-state index is 11.6. The van der Waals surface area contributed by atoms with Gasteiger partial charge >= 0.3 is 7.82 Å². The fraction of sp³-hybridized carbons (Fsp3) is 0.222. The van der Waals surface area contributed by atoms with Crippen molar-refractivity contribution in [3.63, 3.8) is 0 Å². The molecule has 12 heteroatoms. The van der Waals surface area contributed by atoms with Crippen LogP contribution in [-0.4, -0.2) is 26.2 Å². The molecule has 0 radical (unpaired) electrons. The molecule has 1 atom stereocenters. The third-order valence-electron chi connectivity index (χ3n) is 1.95. The summed E-state index contributed by atoms with van der Waals surface area (Å²) in [5, 5.41) is 10.4. The molecule has 0 heterocycles. The molecule has 9 nitrogen and oxygen atoms in total. The maximum atomic E-state index is 11.6. The summed E-state index contributed by atoms with van der Waals surface area (Å²) in [7, 11) is -4.73. The molecule has 0 aliphatic heterocycles. The molecule has 1 rings (SSSR count). The van der Waals surface area contributed by atoms with Crippen LogP contribution in [0.5, 0.6) is 5.75 Å². The van der Waals surface area contributed by atoms with Crippen molar-refractivity contribution in [3.8, 4) is 5.75 Å². The van der Waals surface area contributed by atoms with E-state index in [0.29, 0.717) is 0 Å². The van der Waals surface area contributed by atoms with Crippen molar-refractivity contribution in [1.29, 1.82) is 0 Å². The molecular formula is C9H9Cl2N2O7P. The van der Waals surface area contributed by atoms with E-state index in [0.717, 1.165) is 24.3 Å². The minimum absolute atomic E-state index is 0.0224. The van der Waals surface area contributed by atoms with Gasteiger partial charge in [-0.05, 0) is 12.1 Å². The topological polar surface area (TPSA) is 119 Å². The van der Waals surface area contributed by atoms with Gasteiger partial charge in [0, 0.05) is 36.2 Å². The molecule has 0 saturated carbocycles. The van der Waals surface area contributed by atoms with Crippen LogP contribution in [0.1, 0.15) is 6.42 Å². The van der Waals surface area contributed by atoms with Crippen LogP contribution in [0.2, 0.25) is 0 Å². The van der Waals surface area contributed by atoms with Gasteiger partial charge in [0.15, 0.2) is 0 Å². The van der Waals surface area contributed by atoms with Crippen LogP contribution in [0, 0.1) is 10.1 Å². The number of hydroxylamine groups is 1. The quantitative estimate of drug-likeness (QED) is 0.261. The van der Waals surface area contributed by atoms with Crippen LogP contribution in [-0.2, 0) is 14.0 Å². The average Bonchev–Trinajstić information content (AvgIpc) is 2.38. The number of carbonyl (C=O) groups is 1. The van der Waals surface area contributed by atoms with Gasteiger partial charge in [-0.2, -0.15) is 0 Å². The number of phosphoric ester groups is 1. The highest BCUT2D eigenvalue weighted by Gasteiger charge is 2.30. The predicted molar refractivity (Wildman–Crippen MR) is 72.7 cm³/mol. The number of benzene rings is 1. The van der Waals surface area contributed by atoms with E-state index in [1.165, 1.54) is 0 Å². The summed E-state index contributed by atoms with van der Waals surface area (Å²) in [4.78, 5) is 30.4. The van der Waals surface area contributed by atoms with E-state index in [1.807, 2.05) is 0 Å². The number of nitrogens with zero attached hydrogens (tertiary/aromatic N) is 2. The lowest BCUT2D eigenvalue weighted by Gasteiger charge is -2.16. The van der Waals surface area contributed by atoms with E-state index in [4.69, 9.17) is 23.4 Å². The lowest BCUT2D eigenvalue weighted by molar-refractivity contribution is -0.384. The Morgan fingerprint density at radius 2 is 2.00 bits per heavy atom. The number of non-ortho nitro benzene ring substituents is 1. The average molecular weight is 359 g/mol. The number of carbonyl (C=O) groups excluding carboxylic acids is 1. The third kappa shape index (κ3) is 5.86. The predicted octanol–water partition coefficient (Wildman–Crippen LogP) is 2.62. The highest BCUT2D eigenvalue weighted by Crippen LogP contribution is 2.45. The van der Waals surface area contributed by atoms with Gasteiger partial charge in [0.25, 0.3) is 11.6 Å². The zero-order chi connectivity index (χ0) is 16.0. The molecule has 0 spiro atoms. The molecule has 116 valence electrons. The Hall–Kier alpha value is -1.38. The van der Waals surface area contributed by atoms with E-state index in [1.54, 1.807) is 0 Å². The van der Waals surface area contributed by atoms with E-state index < -0.39 is 18.7 Å². The van der Waals surface area contributed by atoms with Gasteiger partial charge in [0.1, 0.15) is 5.75 Å². The normalized spacial score (nSPS) is 13.3. The number of amides is 1. The van der Waals surface area contributed by atoms with E-state index >= 15 is 0 Å². The Labute approximate surface area is 128 Å². The van der Waals surface area contributed by atoms with Gasteiger partial charge in [-0.25, -0.2) is 4.57 Å². The molecule has 0 bridgehead atoms. The van der Waals surface area contributed by atoms with Gasteiger partial charge in [0.05, 0.1) is 4.92 Å². The summed E-state index contributed by atoms with van der Waals surface area (Å²) in [5.41, 5.74) is -0.229. The van der Waals surface area contributed by atoms with Gasteiger partial charge in [-0.1, -0.05) is 0 Å². The summed E-state index contributed by atoms with van der Waals surface area (Å²) in [6.07, 6.45) is -0.206. The van der Waals surface area contributed by atoms with Crippen molar-refractivity contribution in [2.45, 2.75) is 6.42 Å². The second-order valence-electron chi connectivity index (χ2n) is 3.47. The summed E-state index contributed by atoms with van der Waals surface area (Å²) in [5.74, 6) is -1.07. The number of alkyl halides is 1. The van der Waals surface area contributed by atoms with E-state index in [9.17, 15) is 24.4 Å². The Balaban J connectivity index is 2.69. The minimum Gasteiger partial charge on any atom is -0.403 e. The highest BCUT2D eigenvalue weighted by atomic mass is 35.5. The van der Waals surface area contributed by atoms with Crippen molar-refractivity contribution in [3.05, 3.63) is 34.4 Å². The molecule has 1 unspecified atom stereocenters. The number of rotatable bonds is 7. The first-order valence-corrected chi connectivity index (χ1v) is 7.63. The number of nitro groups is 1. The molecule has 0 fully saturated rings. The Kier molecular flexibility index (Phi) is 6.38. The van der Waals surface area contributed by atoms with Gasteiger partial charge in [0.2, 0.25) is 0 Å². The fourth-order valence-corrected chi connectivity index (χ4v) is 2.26. The monoisotopic (exact) mass is 358 g/mol. The third-order valence-corrected chi connectivity index (χ3v) is 3.30. The maximum Gasteiger partial charge on any atom is 0.550 e. The van der Waals surface area contributed by atoms with Crippen LogP contribution in [0.4, 0.5) is 5.69 Å². The molecule has 1 aromatic rings. The molecule has 0 aliphatic rings. The van der Waals surface area contributed by atoms with E-state index in [2.05, 4.69) is 9.15 Å². The first-order valence-electron chi connectivity index (χ1n) is 5.26. The summed E-state index contributed by atoms with van der Waals surface area (Å²) < 4.78 is 20.5. The van der Waals surface area contributed by atoms with Crippen molar-refractivity contribution >= 4 is 42.8 Å². The smallest absolute Gasteiger partial charge is 0.403 e. The number of halogens is 2. The molecular weight excluding hydrogens is 350 g/mol. The molecule has 1 aromatic carbocycles.